The van der Waals surface area contributed by atoms with E-state index in [2.05, 4.69) is 12.2 Å². The summed E-state index contributed by atoms with van der Waals surface area (Å²) in [5.41, 5.74) is 0.310. The van der Waals surface area contributed by atoms with Crippen molar-refractivity contribution >= 4 is 21.6 Å². The third-order valence-electron chi connectivity index (χ3n) is 3.03. The fraction of sp³-hybridized carbons (Fsp3) is 0.500. The van der Waals surface area contributed by atoms with Gasteiger partial charge in [-0.1, -0.05) is 26.2 Å². The number of carbonyl (C=O) groups is 1. The van der Waals surface area contributed by atoms with Crippen LogP contribution in [0.25, 0.3) is 0 Å². The van der Waals surface area contributed by atoms with Crippen molar-refractivity contribution < 1.29 is 17.9 Å². The largest absolute Gasteiger partial charge is 0.495 e. The van der Waals surface area contributed by atoms with Gasteiger partial charge in [0.2, 0.25) is 15.9 Å². The van der Waals surface area contributed by atoms with Crippen LogP contribution in [0.1, 0.15) is 39.0 Å². The summed E-state index contributed by atoms with van der Waals surface area (Å²) in [4.78, 5) is 11.8. The number of unbranched alkanes of at least 4 members (excludes halogenated alkanes) is 3. The van der Waals surface area contributed by atoms with E-state index in [1.165, 1.54) is 25.3 Å². The predicted molar refractivity (Wildman–Crippen MR) is 81.8 cm³/mol. The van der Waals surface area contributed by atoms with E-state index in [0.29, 0.717) is 17.9 Å². The zero-order valence-corrected chi connectivity index (χ0v) is 13.2. The van der Waals surface area contributed by atoms with E-state index in [1.807, 2.05) is 0 Å². The Morgan fingerprint density at radius 2 is 2.00 bits per heavy atom. The number of benzene rings is 1. The van der Waals surface area contributed by atoms with Crippen LogP contribution in [0.15, 0.2) is 23.1 Å². The second-order valence-electron chi connectivity index (χ2n) is 4.77. The van der Waals surface area contributed by atoms with Crippen LogP contribution in [0.5, 0.6) is 5.75 Å². The Morgan fingerprint density at radius 1 is 1.29 bits per heavy atom. The number of hydrogen-bond acceptors (Lipinski definition) is 4. The molecule has 0 heterocycles. The number of anilines is 1. The maximum Gasteiger partial charge on any atom is 0.238 e. The van der Waals surface area contributed by atoms with Gasteiger partial charge in [-0.2, -0.15) is 0 Å². The summed E-state index contributed by atoms with van der Waals surface area (Å²) in [5.74, 6) is 0.222. The lowest BCUT2D eigenvalue weighted by atomic mass is 10.1. The highest BCUT2D eigenvalue weighted by molar-refractivity contribution is 7.89. The number of primary sulfonamides is 1. The number of carbonyl (C=O) groups excluding carboxylic acids is 1. The number of nitrogens with two attached hydrogens (primary N) is 1. The first kappa shape index (κ1) is 17.5. The number of sulfonamides is 1. The minimum atomic E-state index is -3.82. The molecule has 0 fully saturated rings. The lowest BCUT2D eigenvalue weighted by Crippen LogP contribution is -2.15. The van der Waals surface area contributed by atoms with E-state index < -0.39 is 10.0 Å². The maximum atomic E-state index is 11.9. The highest BCUT2D eigenvalue weighted by atomic mass is 32.2. The standard InChI is InChI=1S/C14H22N2O4S/c1-3-4-5-6-7-14(17)16-12-10-11(21(15,18)19)8-9-13(12)20-2/h8-10H,3-7H2,1-2H3,(H,16,17)(H2,15,18,19). The molecule has 0 bridgehead atoms. The minimum absolute atomic E-state index is 0.0652. The zero-order chi connectivity index (χ0) is 15.9. The Labute approximate surface area is 125 Å². The first-order valence-electron chi connectivity index (χ1n) is 6.89. The van der Waals surface area contributed by atoms with E-state index in [0.717, 1.165) is 25.7 Å². The Balaban J connectivity index is 2.78. The molecule has 0 unspecified atom stereocenters. The predicted octanol–water partition coefficient (Wildman–Crippen LogP) is 2.25. The summed E-state index contributed by atoms with van der Waals surface area (Å²) in [6.07, 6.45) is 4.39. The Kier molecular flexibility index (Phi) is 6.64. The summed E-state index contributed by atoms with van der Waals surface area (Å²) in [5, 5.41) is 7.75. The van der Waals surface area contributed by atoms with Crippen LogP contribution in [0.3, 0.4) is 0 Å². The van der Waals surface area contributed by atoms with Crippen LogP contribution in [0, 0.1) is 0 Å². The zero-order valence-electron chi connectivity index (χ0n) is 12.4. The molecule has 0 saturated carbocycles. The SMILES string of the molecule is CCCCCCC(=O)Nc1cc(S(N)(=O)=O)ccc1OC. The molecule has 1 aromatic carbocycles. The van der Waals surface area contributed by atoms with E-state index in [1.54, 1.807) is 0 Å². The van der Waals surface area contributed by atoms with E-state index in [-0.39, 0.29) is 10.8 Å². The van der Waals surface area contributed by atoms with E-state index >= 15 is 0 Å². The molecule has 7 heteroatoms. The van der Waals surface area contributed by atoms with Gasteiger partial charge in [-0.3, -0.25) is 4.79 Å². The molecular weight excluding hydrogens is 292 g/mol. The highest BCUT2D eigenvalue weighted by Gasteiger charge is 2.13. The third-order valence-corrected chi connectivity index (χ3v) is 3.94. The van der Waals surface area contributed by atoms with Crippen LogP contribution in [-0.4, -0.2) is 21.4 Å². The van der Waals surface area contributed by atoms with Gasteiger partial charge in [-0.15, -0.1) is 0 Å². The molecule has 3 N–H and O–H groups in total. The van der Waals surface area contributed by atoms with Crippen LogP contribution in [0.2, 0.25) is 0 Å². The topological polar surface area (TPSA) is 98.5 Å². The first-order valence-corrected chi connectivity index (χ1v) is 8.43. The van der Waals surface area contributed by atoms with E-state index in [4.69, 9.17) is 9.88 Å². The molecule has 0 saturated heterocycles. The monoisotopic (exact) mass is 314 g/mol. The summed E-state index contributed by atoms with van der Waals surface area (Å²) in [6, 6.07) is 4.11. The molecule has 1 amide bonds. The third kappa shape index (κ3) is 5.73. The molecule has 0 aliphatic rings. The lowest BCUT2D eigenvalue weighted by molar-refractivity contribution is -0.116. The second kappa shape index (κ2) is 7.99. The van der Waals surface area contributed by atoms with Gasteiger partial charge in [0.25, 0.3) is 0 Å². The van der Waals surface area contributed by atoms with Crippen molar-refractivity contribution in [3.8, 4) is 5.75 Å². The van der Waals surface area contributed by atoms with Crippen molar-refractivity contribution in [3.05, 3.63) is 18.2 Å². The van der Waals surface area contributed by atoms with Crippen LogP contribution >= 0.6 is 0 Å². The van der Waals surface area contributed by atoms with Crippen molar-refractivity contribution in [2.24, 2.45) is 5.14 Å². The number of hydrogen-bond donors (Lipinski definition) is 2. The molecule has 0 aliphatic heterocycles. The summed E-state index contributed by atoms with van der Waals surface area (Å²) in [7, 11) is -2.37. The first-order chi connectivity index (χ1) is 9.88. The lowest BCUT2D eigenvalue weighted by Gasteiger charge is -2.11. The smallest absolute Gasteiger partial charge is 0.238 e. The number of rotatable bonds is 8. The molecular formula is C14H22N2O4S. The van der Waals surface area contributed by atoms with Crippen molar-refractivity contribution in [2.45, 2.75) is 43.9 Å². The Bertz CT molecular complexity index is 585. The van der Waals surface area contributed by atoms with Gasteiger partial charge in [-0.05, 0) is 24.6 Å². The summed E-state index contributed by atoms with van der Waals surface area (Å²) < 4.78 is 27.8. The van der Waals surface area contributed by atoms with Crippen LogP contribution in [0.4, 0.5) is 5.69 Å². The molecule has 0 aromatic heterocycles. The molecule has 6 nitrogen and oxygen atoms in total. The Morgan fingerprint density at radius 3 is 2.57 bits per heavy atom. The second-order valence-corrected chi connectivity index (χ2v) is 6.33. The molecule has 0 radical (unpaired) electrons. The molecule has 0 atom stereocenters. The molecule has 0 spiro atoms. The fourth-order valence-electron chi connectivity index (χ4n) is 1.89. The number of methoxy groups -OCH3 is 1. The average Bonchev–Trinajstić information content (AvgIpc) is 2.42. The van der Waals surface area contributed by atoms with Gasteiger partial charge in [0, 0.05) is 6.42 Å². The van der Waals surface area contributed by atoms with Gasteiger partial charge in [0.05, 0.1) is 17.7 Å². The minimum Gasteiger partial charge on any atom is -0.495 e. The maximum absolute atomic E-state index is 11.9. The van der Waals surface area contributed by atoms with Crippen molar-refractivity contribution in [1.82, 2.24) is 0 Å². The van der Waals surface area contributed by atoms with Gasteiger partial charge in [-0.25, -0.2) is 13.6 Å². The number of amides is 1. The fourth-order valence-corrected chi connectivity index (χ4v) is 2.43. The molecule has 0 aliphatic carbocycles. The van der Waals surface area contributed by atoms with Crippen LogP contribution in [-0.2, 0) is 14.8 Å². The Hall–Kier alpha value is -1.60. The number of ether oxygens (including phenoxy) is 1. The van der Waals surface area contributed by atoms with Crippen molar-refractivity contribution in [1.29, 1.82) is 0 Å². The molecule has 21 heavy (non-hydrogen) atoms. The molecule has 1 rings (SSSR count). The van der Waals surface area contributed by atoms with Crippen molar-refractivity contribution in [2.75, 3.05) is 12.4 Å². The van der Waals surface area contributed by atoms with Crippen LogP contribution < -0.4 is 15.2 Å². The average molecular weight is 314 g/mol. The normalized spacial score (nSPS) is 11.2. The van der Waals surface area contributed by atoms with Crippen molar-refractivity contribution in [3.63, 3.8) is 0 Å². The summed E-state index contributed by atoms with van der Waals surface area (Å²) in [6.45, 7) is 2.10. The molecule has 1 aromatic rings. The summed E-state index contributed by atoms with van der Waals surface area (Å²) >= 11 is 0. The van der Waals surface area contributed by atoms with E-state index in [9.17, 15) is 13.2 Å². The van der Waals surface area contributed by atoms with Gasteiger partial charge < -0.3 is 10.1 Å². The highest BCUT2D eigenvalue weighted by Crippen LogP contribution is 2.27. The number of nitrogens with one attached hydrogen (secondary N) is 1. The van der Waals surface area contributed by atoms with Gasteiger partial charge in [0.1, 0.15) is 5.75 Å². The molecule has 118 valence electrons. The van der Waals surface area contributed by atoms with Gasteiger partial charge >= 0.3 is 0 Å². The van der Waals surface area contributed by atoms with Gasteiger partial charge in [0.15, 0.2) is 0 Å². The quantitative estimate of drug-likeness (QED) is 0.719.